The first-order chi connectivity index (χ1) is 9.15. The van der Waals surface area contributed by atoms with Crippen molar-refractivity contribution in [1.82, 2.24) is 9.88 Å². The molecular formula is C14H17N3OS. The average molecular weight is 275 g/mol. The first-order valence-corrected chi connectivity index (χ1v) is 6.99. The van der Waals surface area contributed by atoms with Crippen molar-refractivity contribution in [1.29, 1.82) is 0 Å². The first kappa shape index (κ1) is 13.5. The highest BCUT2D eigenvalue weighted by molar-refractivity contribution is 7.07. The lowest BCUT2D eigenvalue weighted by Gasteiger charge is -2.10. The fraction of sp³-hybridized carbons (Fsp3) is 0.286. The summed E-state index contributed by atoms with van der Waals surface area (Å²) in [7, 11) is 3.54. The highest BCUT2D eigenvalue weighted by Crippen LogP contribution is 2.12. The van der Waals surface area contributed by atoms with E-state index in [0.717, 1.165) is 23.5 Å². The summed E-state index contributed by atoms with van der Waals surface area (Å²) in [6.45, 7) is 0.722. The smallest absolute Gasteiger partial charge is 0.226 e. The highest BCUT2D eigenvalue weighted by atomic mass is 32.1. The lowest BCUT2D eigenvalue weighted by atomic mass is 10.1. The van der Waals surface area contributed by atoms with Crippen LogP contribution >= 0.6 is 11.3 Å². The van der Waals surface area contributed by atoms with Crippen molar-refractivity contribution < 1.29 is 4.79 Å². The molecule has 1 heterocycles. The van der Waals surface area contributed by atoms with Gasteiger partial charge in [0.05, 0.1) is 24.2 Å². The number of hydrogen-bond donors (Lipinski definition) is 1. The van der Waals surface area contributed by atoms with Gasteiger partial charge in [0.1, 0.15) is 0 Å². The second-order valence-corrected chi connectivity index (χ2v) is 5.21. The molecule has 4 nitrogen and oxygen atoms in total. The highest BCUT2D eigenvalue weighted by Gasteiger charge is 2.05. The maximum absolute atomic E-state index is 11.6. The lowest BCUT2D eigenvalue weighted by Crippen LogP contribution is -2.23. The zero-order valence-corrected chi connectivity index (χ0v) is 11.9. The number of nitrogens with zero attached hydrogens (tertiary/aromatic N) is 2. The van der Waals surface area contributed by atoms with Crippen molar-refractivity contribution >= 4 is 22.9 Å². The molecule has 0 aliphatic carbocycles. The number of amides is 1. The zero-order chi connectivity index (χ0) is 13.7. The summed E-state index contributed by atoms with van der Waals surface area (Å²) in [5.74, 6) is 0.114. The number of hydrogen-bond acceptors (Lipinski definition) is 4. The number of nitrogens with one attached hydrogen (secondary N) is 1. The molecule has 0 saturated carbocycles. The normalized spacial score (nSPS) is 10.2. The number of rotatable bonds is 5. The predicted octanol–water partition coefficient (Wildman–Crippen LogP) is 2.39. The summed E-state index contributed by atoms with van der Waals surface area (Å²) in [5.41, 5.74) is 4.93. The lowest BCUT2D eigenvalue weighted by molar-refractivity contribution is -0.127. The molecule has 5 heteroatoms. The Balaban J connectivity index is 1.89. The zero-order valence-electron chi connectivity index (χ0n) is 11.1. The predicted molar refractivity (Wildman–Crippen MR) is 78.3 cm³/mol. The molecule has 0 radical (unpaired) electrons. The van der Waals surface area contributed by atoms with E-state index in [2.05, 4.69) is 10.3 Å². The van der Waals surface area contributed by atoms with Crippen LogP contribution in [-0.2, 0) is 17.8 Å². The van der Waals surface area contributed by atoms with Gasteiger partial charge in [-0.3, -0.25) is 4.79 Å². The van der Waals surface area contributed by atoms with E-state index in [0.29, 0.717) is 6.42 Å². The van der Waals surface area contributed by atoms with Crippen LogP contribution in [0.2, 0.25) is 0 Å². The fourth-order valence-corrected chi connectivity index (χ4v) is 2.15. The summed E-state index contributed by atoms with van der Waals surface area (Å²) in [4.78, 5) is 17.4. The van der Waals surface area contributed by atoms with Gasteiger partial charge in [-0.1, -0.05) is 12.1 Å². The van der Waals surface area contributed by atoms with E-state index in [1.807, 2.05) is 35.2 Å². The molecule has 19 heavy (non-hydrogen) atoms. The van der Waals surface area contributed by atoms with Gasteiger partial charge >= 0.3 is 0 Å². The number of thiazole rings is 1. The van der Waals surface area contributed by atoms with E-state index >= 15 is 0 Å². The Labute approximate surface area is 117 Å². The minimum atomic E-state index is 0.114. The first-order valence-electron chi connectivity index (χ1n) is 6.05. The van der Waals surface area contributed by atoms with Gasteiger partial charge < -0.3 is 10.2 Å². The number of benzene rings is 1. The Morgan fingerprint density at radius 2 is 2.05 bits per heavy atom. The van der Waals surface area contributed by atoms with Crippen LogP contribution in [0.5, 0.6) is 0 Å². The van der Waals surface area contributed by atoms with E-state index in [4.69, 9.17) is 0 Å². The molecule has 0 spiro atoms. The van der Waals surface area contributed by atoms with Crippen molar-refractivity contribution in [2.24, 2.45) is 0 Å². The summed E-state index contributed by atoms with van der Waals surface area (Å²) >= 11 is 1.59. The van der Waals surface area contributed by atoms with Gasteiger partial charge in [0.2, 0.25) is 5.91 Å². The van der Waals surface area contributed by atoms with Crippen LogP contribution in [0.3, 0.4) is 0 Å². The van der Waals surface area contributed by atoms with Crippen molar-refractivity contribution in [3.63, 3.8) is 0 Å². The van der Waals surface area contributed by atoms with Crippen LogP contribution < -0.4 is 5.32 Å². The van der Waals surface area contributed by atoms with Crippen molar-refractivity contribution in [2.75, 3.05) is 19.4 Å². The number of carbonyl (C=O) groups is 1. The molecule has 1 amide bonds. The quantitative estimate of drug-likeness (QED) is 0.911. The Bertz CT molecular complexity index is 520. The standard InChI is InChI=1S/C14H17N3OS/c1-17(2)14(18)7-11-3-5-12(6-4-11)15-8-13-9-19-10-16-13/h3-6,9-10,15H,7-8H2,1-2H3. The molecular weight excluding hydrogens is 258 g/mol. The molecule has 0 fully saturated rings. The second kappa shape index (κ2) is 6.33. The maximum Gasteiger partial charge on any atom is 0.226 e. The van der Waals surface area contributed by atoms with Gasteiger partial charge in [-0.2, -0.15) is 0 Å². The molecule has 2 aromatic rings. The fourth-order valence-electron chi connectivity index (χ4n) is 1.59. The summed E-state index contributed by atoms with van der Waals surface area (Å²) in [5, 5.41) is 5.32. The Kier molecular flexibility index (Phi) is 4.52. The molecule has 0 saturated heterocycles. The summed E-state index contributed by atoms with van der Waals surface area (Å²) in [6.07, 6.45) is 0.444. The third kappa shape index (κ3) is 4.06. The monoisotopic (exact) mass is 275 g/mol. The van der Waals surface area contributed by atoms with Crippen LogP contribution in [0, 0.1) is 0 Å². The Morgan fingerprint density at radius 3 is 2.63 bits per heavy atom. The molecule has 0 aliphatic rings. The Morgan fingerprint density at radius 1 is 1.32 bits per heavy atom. The van der Waals surface area contributed by atoms with E-state index in [1.165, 1.54) is 0 Å². The second-order valence-electron chi connectivity index (χ2n) is 4.50. The number of aromatic nitrogens is 1. The van der Waals surface area contributed by atoms with Gasteiger partial charge in [0, 0.05) is 25.2 Å². The molecule has 0 aliphatic heterocycles. The van der Waals surface area contributed by atoms with Gasteiger partial charge in [0.25, 0.3) is 0 Å². The largest absolute Gasteiger partial charge is 0.379 e. The minimum absolute atomic E-state index is 0.114. The number of carbonyl (C=O) groups excluding carboxylic acids is 1. The summed E-state index contributed by atoms with van der Waals surface area (Å²) in [6, 6.07) is 7.94. The van der Waals surface area contributed by atoms with Crippen molar-refractivity contribution in [3.8, 4) is 0 Å². The van der Waals surface area contributed by atoms with Crippen molar-refractivity contribution in [2.45, 2.75) is 13.0 Å². The molecule has 1 aromatic heterocycles. The third-order valence-electron chi connectivity index (χ3n) is 2.77. The van der Waals surface area contributed by atoms with E-state index in [-0.39, 0.29) is 5.91 Å². The number of anilines is 1. The van der Waals surface area contributed by atoms with E-state index < -0.39 is 0 Å². The molecule has 0 unspecified atom stereocenters. The van der Waals surface area contributed by atoms with Gasteiger partial charge in [-0.05, 0) is 17.7 Å². The van der Waals surface area contributed by atoms with Crippen LogP contribution in [0.1, 0.15) is 11.3 Å². The topological polar surface area (TPSA) is 45.2 Å². The van der Waals surface area contributed by atoms with Crippen LogP contribution in [0.15, 0.2) is 35.2 Å². The molecule has 2 rings (SSSR count). The molecule has 0 atom stereocenters. The molecule has 100 valence electrons. The minimum Gasteiger partial charge on any atom is -0.379 e. The van der Waals surface area contributed by atoms with Crippen molar-refractivity contribution in [3.05, 3.63) is 46.4 Å². The third-order valence-corrected chi connectivity index (χ3v) is 3.40. The average Bonchev–Trinajstić information content (AvgIpc) is 2.91. The molecule has 1 aromatic carbocycles. The molecule has 0 bridgehead atoms. The van der Waals surface area contributed by atoms with E-state index in [1.54, 1.807) is 30.3 Å². The Hall–Kier alpha value is -1.88. The van der Waals surface area contributed by atoms with Gasteiger partial charge in [-0.25, -0.2) is 4.98 Å². The van der Waals surface area contributed by atoms with Crippen LogP contribution in [0.25, 0.3) is 0 Å². The number of likely N-dealkylation sites (N-methyl/N-ethyl adjacent to an activating group) is 1. The van der Waals surface area contributed by atoms with Crippen LogP contribution in [-0.4, -0.2) is 29.9 Å². The van der Waals surface area contributed by atoms with Crippen LogP contribution in [0.4, 0.5) is 5.69 Å². The summed E-state index contributed by atoms with van der Waals surface area (Å²) < 4.78 is 0. The SMILES string of the molecule is CN(C)C(=O)Cc1ccc(NCc2cscn2)cc1. The maximum atomic E-state index is 11.6. The van der Waals surface area contributed by atoms with Gasteiger partial charge in [0.15, 0.2) is 0 Å². The van der Waals surface area contributed by atoms with E-state index in [9.17, 15) is 4.79 Å². The molecule has 1 N–H and O–H groups in total. The van der Waals surface area contributed by atoms with Gasteiger partial charge in [-0.15, -0.1) is 11.3 Å².